The Bertz CT molecular complexity index is 739. The molecule has 8 nitrogen and oxygen atoms in total. The minimum Gasteiger partial charge on any atom is -0.357 e. The molecular weight excluding hydrogens is 491 g/mol. The number of nitrogens with zero attached hydrogens (tertiary/aromatic N) is 5. The van der Waals surface area contributed by atoms with Gasteiger partial charge in [0.15, 0.2) is 5.96 Å². The van der Waals surface area contributed by atoms with Crippen LogP contribution >= 0.6 is 24.0 Å². The summed E-state index contributed by atoms with van der Waals surface area (Å²) in [7, 11) is -3.09. The maximum Gasteiger partial charge on any atom is 0.211 e. The molecule has 28 heavy (non-hydrogen) atoms. The van der Waals surface area contributed by atoms with Crippen molar-refractivity contribution < 1.29 is 8.42 Å². The molecule has 0 radical (unpaired) electrons. The van der Waals surface area contributed by atoms with Gasteiger partial charge in [-0.05, 0) is 31.6 Å². The first-order valence-corrected chi connectivity index (χ1v) is 11.7. The Morgan fingerprint density at radius 3 is 2.68 bits per heavy atom. The second kappa shape index (κ2) is 10.2. The molecule has 2 fully saturated rings. The normalized spacial score (nSPS) is 26.9. The Labute approximate surface area is 185 Å². The van der Waals surface area contributed by atoms with E-state index in [2.05, 4.69) is 33.6 Å². The fourth-order valence-electron chi connectivity index (χ4n) is 3.98. The number of aliphatic imine (C=N–C) groups is 1. The predicted octanol–water partition coefficient (Wildman–Crippen LogP) is 1.63. The quantitative estimate of drug-likeness (QED) is 0.360. The van der Waals surface area contributed by atoms with Crippen molar-refractivity contribution in [3.05, 3.63) is 18.7 Å². The summed E-state index contributed by atoms with van der Waals surface area (Å²) >= 11 is 0. The van der Waals surface area contributed by atoms with Crippen molar-refractivity contribution in [2.45, 2.75) is 32.7 Å². The van der Waals surface area contributed by atoms with E-state index in [9.17, 15) is 8.42 Å². The van der Waals surface area contributed by atoms with Gasteiger partial charge >= 0.3 is 0 Å². The van der Waals surface area contributed by atoms with Crippen molar-refractivity contribution in [3.8, 4) is 0 Å². The highest BCUT2D eigenvalue weighted by molar-refractivity contribution is 14.0. The first kappa shape index (κ1) is 23.4. The summed E-state index contributed by atoms with van der Waals surface area (Å²) in [5.41, 5.74) is 0. The van der Waals surface area contributed by atoms with Gasteiger partial charge in [0.2, 0.25) is 10.0 Å². The lowest BCUT2D eigenvalue weighted by molar-refractivity contribution is 0.189. The number of rotatable bonds is 5. The van der Waals surface area contributed by atoms with Crippen LogP contribution in [0.2, 0.25) is 0 Å². The van der Waals surface area contributed by atoms with Gasteiger partial charge in [-0.25, -0.2) is 17.7 Å². The first-order valence-electron chi connectivity index (χ1n) is 9.84. The Hall–Kier alpha value is -0.880. The van der Waals surface area contributed by atoms with Crippen LogP contribution in [-0.2, 0) is 10.0 Å². The largest absolute Gasteiger partial charge is 0.357 e. The first-order chi connectivity index (χ1) is 12.9. The summed E-state index contributed by atoms with van der Waals surface area (Å²) in [5.74, 6) is 1.82. The maximum atomic E-state index is 11.7. The van der Waals surface area contributed by atoms with Gasteiger partial charge in [-0.3, -0.25) is 4.99 Å². The van der Waals surface area contributed by atoms with E-state index in [1.165, 1.54) is 6.26 Å². The number of sulfonamides is 1. The molecule has 3 rings (SSSR count). The molecule has 3 heterocycles. The fourth-order valence-corrected chi connectivity index (χ4v) is 4.90. The molecule has 2 aliphatic rings. The minimum absolute atomic E-state index is 0. The van der Waals surface area contributed by atoms with Gasteiger partial charge in [-0.15, -0.1) is 24.0 Å². The van der Waals surface area contributed by atoms with Crippen molar-refractivity contribution in [1.82, 2.24) is 24.1 Å². The predicted molar refractivity (Wildman–Crippen MR) is 123 cm³/mol. The molecular formula is C18H33IN6O2S. The van der Waals surface area contributed by atoms with Crippen molar-refractivity contribution in [3.63, 3.8) is 0 Å². The highest BCUT2D eigenvalue weighted by Gasteiger charge is 2.30. The molecule has 0 bridgehead atoms. The number of hydrogen-bond acceptors (Lipinski definition) is 4. The van der Waals surface area contributed by atoms with Gasteiger partial charge in [0.25, 0.3) is 0 Å². The Balaban J connectivity index is 0.00000280. The summed E-state index contributed by atoms with van der Waals surface area (Å²) in [6.07, 6.45) is 9.04. The topological polar surface area (TPSA) is 82.8 Å². The third-order valence-corrected chi connectivity index (χ3v) is 6.95. The summed E-state index contributed by atoms with van der Waals surface area (Å²) in [6.45, 7) is 8.94. The fraction of sp³-hybridized carbons (Fsp3) is 0.778. The molecule has 1 N–H and O–H groups in total. The van der Waals surface area contributed by atoms with Crippen LogP contribution in [0.15, 0.2) is 23.7 Å². The van der Waals surface area contributed by atoms with E-state index in [0.717, 1.165) is 38.4 Å². The van der Waals surface area contributed by atoms with E-state index < -0.39 is 10.0 Å². The number of halogens is 1. The molecule has 0 aromatic carbocycles. The van der Waals surface area contributed by atoms with Crippen LogP contribution in [0.1, 0.15) is 32.7 Å². The number of likely N-dealkylation sites (tertiary alicyclic amines) is 1. The Morgan fingerprint density at radius 2 is 2.07 bits per heavy atom. The zero-order valence-corrected chi connectivity index (χ0v) is 20.1. The summed E-state index contributed by atoms with van der Waals surface area (Å²) in [6, 6.07) is 0.386. The molecule has 2 saturated heterocycles. The molecule has 1 aromatic rings. The van der Waals surface area contributed by atoms with Crippen LogP contribution in [0.5, 0.6) is 0 Å². The molecule has 0 spiro atoms. The molecule has 0 aliphatic carbocycles. The van der Waals surface area contributed by atoms with E-state index in [1.54, 1.807) is 4.31 Å². The van der Waals surface area contributed by atoms with E-state index in [-0.39, 0.29) is 24.0 Å². The lowest BCUT2D eigenvalue weighted by atomic mass is 9.93. The molecule has 0 amide bonds. The van der Waals surface area contributed by atoms with Crippen molar-refractivity contribution >= 4 is 40.0 Å². The second-order valence-corrected chi connectivity index (χ2v) is 9.74. The third kappa shape index (κ3) is 5.82. The highest BCUT2D eigenvalue weighted by atomic mass is 127. The molecule has 3 atom stereocenters. The highest BCUT2D eigenvalue weighted by Crippen LogP contribution is 2.27. The van der Waals surface area contributed by atoms with Crippen molar-refractivity contribution in [2.24, 2.45) is 16.8 Å². The summed E-state index contributed by atoms with van der Waals surface area (Å²) in [4.78, 5) is 11.4. The Kier molecular flexibility index (Phi) is 8.56. The minimum atomic E-state index is -3.09. The van der Waals surface area contributed by atoms with Gasteiger partial charge in [-0.1, -0.05) is 6.92 Å². The number of aromatic nitrogens is 2. The third-order valence-electron chi connectivity index (χ3n) is 5.68. The van der Waals surface area contributed by atoms with Crippen LogP contribution < -0.4 is 5.32 Å². The SMILES string of the molecule is CCNC(=NCC1CCN(S(C)(=O)=O)C1)N1CCC(C)C(n2ccnc2)C1.I. The van der Waals surface area contributed by atoms with Crippen LogP contribution in [-0.4, -0.2) is 78.7 Å². The van der Waals surface area contributed by atoms with Gasteiger partial charge in [0.05, 0.1) is 18.6 Å². The van der Waals surface area contributed by atoms with Gasteiger partial charge in [0, 0.05) is 51.7 Å². The molecule has 10 heteroatoms. The lowest BCUT2D eigenvalue weighted by Gasteiger charge is -2.39. The number of piperidine rings is 1. The van der Waals surface area contributed by atoms with Gasteiger partial charge < -0.3 is 14.8 Å². The Morgan fingerprint density at radius 1 is 1.29 bits per heavy atom. The summed E-state index contributed by atoms with van der Waals surface area (Å²) < 4.78 is 27.2. The smallest absolute Gasteiger partial charge is 0.211 e. The average molecular weight is 524 g/mol. The van der Waals surface area contributed by atoms with E-state index in [0.29, 0.717) is 37.5 Å². The number of guanidine groups is 1. The van der Waals surface area contributed by atoms with Gasteiger partial charge in [0.1, 0.15) is 0 Å². The molecule has 160 valence electrons. The molecule has 3 unspecified atom stereocenters. The zero-order chi connectivity index (χ0) is 19.4. The standard InChI is InChI=1S/C18H32N6O2S.HI/c1-4-20-18(21-11-16-6-9-24(12-16)27(3,25)26)22-8-5-15(2)17(13-22)23-10-7-19-14-23;/h7,10,14-17H,4-6,8-9,11-13H2,1-3H3,(H,20,21);1H. The van der Waals surface area contributed by atoms with Crippen LogP contribution in [0.4, 0.5) is 0 Å². The van der Waals surface area contributed by atoms with Crippen LogP contribution in [0.3, 0.4) is 0 Å². The lowest BCUT2D eigenvalue weighted by Crippen LogP contribution is -2.49. The van der Waals surface area contributed by atoms with Crippen LogP contribution in [0, 0.1) is 11.8 Å². The second-order valence-electron chi connectivity index (χ2n) is 7.76. The van der Waals surface area contributed by atoms with Gasteiger partial charge in [-0.2, -0.15) is 0 Å². The maximum absolute atomic E-state index is 11.7. The number of imidazole rings is 1. The van der Waals surface area contributed by atoms with Crippen molar-refractivity contribution in [1.29, 1.82) is 0 Å². The molecule has 2 aliphatic heterocycles. The monoisotopic (exact) mass is 524 g/mol. The average Bonchev–Trinajstić information content (AvgIpc) is 3.30. The van der Waals surface area contributed by atoms with Crippen LogP contribution in [0.25, 0.3) is 0 Å². The molecule has 1 aromatic heterocycles. The summed E-state index contributed by atoms with van der Waals surface area (Å²) in [5, 5.41) is 3.42. The number of hydrogen-bond donors (Lipinski definition) is 1. The van der Waals surface area contributed by atoms with E-state index in [1.807, 2.05) is 18.7 Å². The zero-order valence-electron chi connectivity index (χ0n) is 17.0. The van der Waals surface area contributed by atoms with E-state index in [4.69, 9.17) is 4.99 Å². The molecule has 0 saturated carbocycles. The van der Waals surface area contributed by atoms with E-state index >= 15 is 0 Å². The van der Waals surface area contributed by atoms with Crippen molar-refractivity contribution in [2.75, 3.05) is 45.5 Å². The number of nitrogens with one attached hydrogen (secondary N) is 1.